The van der Waals surface area contributed by atoms with E-state index in [1.807, 2.05) is 0 Å². The van der Waals surface area contributed by atoms with Crippen LogP contribution in [0.5, 0.6) is 0 Å². The Balaban J connectivity index is 2.03. The molecule has 0 aromatic heterocycles. The van der Waals surface area contributed by atoms with Crippen LogP contribution in [0.3, 0.4) is 0 Å². The maximum atomic E-state index is 12.5. The number of anilines is 2. The highest BCUT2D eigenvalue weighted by atomic mass is 79.9. The van der Waals surface area contributed by atoms with Crippen LogP contribution >= 0.6 is 15.9 Å². The van der Waals surface area contributed by atoms with Crippen molar-refractivity contribution in [1.29, 1.82) is 0 Å². The molecule has 23 heavy (non-hydrogen) atoms. The van der Waals surface area contributed by atoms with Gasteiger partial charge in [0.2, 0.25) is 5.91 Å². The Bertz CT molecular complexity index is 609. The van der Waals surface area contributed by atoms with Crippen LogP contribution in [0.15, 0.2) is 22.7 Å². The summed E-state index contributed by atoms with van der Waals surface area (Å²) in [6.07, 6.45) is 1.22. The van der Waals surface area contributed by atoms with Gasteiger partial charge in [-0.15, -0.1) is 0 Å². The summed E-state index contributed by atoms with van der Waals surface area (Å²) in [5, 5.41) is 5.44. The Kier molecular flexibility index (Phi) is 5.19. The van der Waals surface area contributed by atoms with Crippen molar-refractivity contribution in [1.82, 2.24) is 5.32 Å². The van der Waals surface area contributed by atoms with Gasteiger partial charge in [-0.05, 0) is 57.7 Å². The van der Waals surface area contributed by atoms with Gasteiger partial charge in [0.1, 0.15) is 11.6 Å². The van der Waals surface area contributed by atoms with Gasteiger partial charge in [0.05, 0.1) is 11.4 Å². The maximum absolute atomic E-state index is 12.5. The average Bonchev–Trinajstić information content (AvgIpc) is 3.21. The number of benzene rings is 1. The molecule has 1 aromatic rings. The molecule has 0 spiro atoms. The van der Waals surface area contributed by atoms with Crippen LogP contribution in [-0.4, -0.2) is 23.6 Å². The first-order chi connectivity index (χ1) is 10.7. The van der Waals surface area contributed by atoms with Gasteiger partial charge in [0.25, 0.3) is 0 Å². The summed E-state index contributed by atoms with van der Waals surface area (Å²) in [5.74, 6) is -0.147. The molecule has 7 heteroatoms. The fourth-order valence-corrected chi connectivity index (χ4v) is 2.50. The third-order valence-electron chi connectivity index (χ3n) is 3.32. The van der Waals surface area contributed by atoms with E-state index in [-0.39, 0.29) is 11.8 Å². The van der Waals surface area contributed by atoms with Gasteiger partial charge in [-0.25, -0.2) is 4.79 Å². The Hall–Kier alpha value is -1.76. The molecule has 0 radical (unpaired) electrons. The van der Waals surface area contributed by atoms with E-state index < -0.39 is 17.7 Å². The summed E-state index contributed by atoms with van der Waals surface area (Å²) in [6.45, 7) is 5.34. The quantitative estimate of drug-likeness (QED) is 0.695. The third kappa shape index (κ3) is 5.42. The van der Waals surface area contributed by atoms with Crippen molar-refractivity contribution < 1.29 is 14.3 Å². The molecule has 0 saturated heterocycles. The summed E-state index contributed by atoms with van der Waals surface area (Å²) < 4.78 is 6.06. The first-order valence-corrected chi connectivity index (χ1v) is 8.30. The number of amides is 2. The predicted molar refractivity (Wildman–Crippen MR) is 93.1 cm³/mol. The highest BCUT2D eigenvalue weighted by molar-refractivity contribution is 9.10. The standard InChI is InChI=1S/C16H22BrN3O3/c1-16(2,3)23-15(22)20-13(9-4-5-9)14(21)19-12-7-6-10(17)8-11(12)18/h6-9,13H,4-5,18H2,1-3H3,(H,19,21)(H,20,22)/t13-/m1/s1. The number of rotatable bonds is 4. The lowest BCUT2D eigenvalue weighted by atomic mass is 10.1. The van der Waals surface area contributed by atoms with Crippen LogP contribution in [0, 0.1) is 5.92 Å². The van der Waals surface area contributed by atoms with E-state index in [4.69, 9.17) is 10.5 Å². The molecule has 4 N–H and O–H groups in total. The number of hydrogen-bond donors (Lipinski definition) is 3. The van der Waals surface area contributed by atoms with Gasteiger partial charge in [-0.1, -0.05) is 15.9 Å². The van der Waals surface area contributed by atoms with E-state index in [1.165, 1.54) is 0 Å². The van der Waals surface area contributed by atoms with Gasteiger partial charge in [-0.2, -0.15) is 0 Å². The number of nitrogen functional groups attached to an aromatic ring is 1. The third-order valence-corrected chi connectivity index (χ3v) is 3.81. The SMILES string of the molecule is CC(C)(C)OC(=O)N[C@@H](C(=O)Nc1ccc(Br)cc1N)C1CC1. The van der Waals surface area contributed by atoms with Crippen LogP contribution < -0.4 is 16.4 Å². The zero-order valence-corrected chi connectivity index (χ0v) is 15.1. The molecule has 0 bridgehead atoms. The normalized spacial score (nSPS) is 15.7. The van der Waals surface area contributed by atoms with E-state index in [0.717, 1.165) is 17.3 Å². The highest BCUT2D eigenvalue weighted by Gasteiger charge is 2.38. The highest BCUT2D eigenvalue weighted by Crippen LogP contribution is 2.34. The fraction of sp³-hybridized carbons (Fsp3) is 0.500. The molecule has 1 aliphatic rings. The van der Waals surface area contributed by atoms with Gasteiger partial charge < -0.3 is 21.1 Å². The number of hydrogen-bond acceptors (Lipinski definition) is 4. The molecule has 126 valence electrons. The first-order valence-electron chi connectivity index (χ1n) is 7.51. The van der Waals surface area contributed by atoms with E-state index >= 15 is 0 Å². The van der Waals surface area contributed by atoms with Crippen LogP contribution in [0.25, 0.3) is 0 Å². The largest absolute Gasteiger partial charge is 0.444 e. The predicted octanol–water partition coefficient (Wildman–Crippen LogP) is 3.27. The number of alkyl carbamates (subject to hydrolysis) is 1. The Morgan fingerprint density at radius 2 is 2.00 bits per heavy atom. The minimum absolute atomic E-state index is 0.138. The van der Waals surface area contributed by atoms with E-state index in [1.54, 1.807) is 39.0 Å². The first kappa shape index (κ1) is 17.6. The Morgan fingerprint density at radius 3 is 2.52 bits per heavy atom. The number of carbonyl (C=O) groups excluding carboxylic acids is 2. The average molecular weight is 384 g/mol. The lowest BCUT2D eigenvalue weighted by Gasteiger charge is -2.23. The summed E-state index contributed by atoms with van der Waals surface area (Å²) in [4.78, 5) is 24.4. The fourth-order valence-electron chi connectivity index (χ4n) is 2.12. The molecule has 2 rings (SSSR count). The minimum atomic E-state index is -0.618. The minimum Gasteiger partial charge on any atom is -0.444 e. The molecule has 0 aliphatic heterocycles. The van der Waals surface area contributed by atoms with Crippen molar-refractivity contribution in [3.8, 4) is 0 Å². The molecule has 2 amide bonds. The van der Waals surface area contributed by atoms with Crippen molar-refractivity contribution >= 4 is 39.3 Å². The second-order valence-electron chi connectivity index (χ2n) is 6.68. The Morgan fingerprint density at radius 1 is 1.35 bits per heavy atom. The number of ether oxygens (including phenoxy) is 1. The molecular weight excluding hydrogens is 362 g/mol. The lowest BCUT2D eigenvalue weighted by molar-refractivity contribution is -0.118. The molecule has 1 fully saturated rings. The molecule has 1 aliphatic carbocycles. The van der Waals surface area contributed by atoms with Crippen molar-refractivity contribution in [3.63, 3.8) is 0 Å². The molecule has 0 unspecified atom stereocenters. The smallest absolute Gasteiger partial charge is 0.408 e. The number of carbonyl (C=O) groups is 2. The van der Waals surface area contributed by atoms with Crippen molar-refractivity contribution in [2.75, 3.05) is 11.1 Å². The van der Waals surface area contributed by atoms with Crippen LogP contribution in [0.1, 0.15) is 33.6 Å². The molecule has 1 aromatic carbocycles. The number of nitrogens with one attached hydrogen (secondary N) is 2. The van der Waals surface area contributed by atoms with E-state index in [0.29, 0.717) is 11.4 Å². The van der Waals surface area contributed by atoms with Gasteiger partial charge >= 0.3 is 6.09 Å². The van der Waals surface area contributed by atoms with E-state index in [9.17, 15) is 9.59 Å². The van der Waals surface area contributed by atoms with Crippen LogP contribution in [0.2, 0.25) is 0 Å². The lowest BCUT2D eigenvalue weighted by Crippen LogP contribution is -2.47. The van der Waals surface area contributed by atoms with Gasteiger partial charge in [0, 0.05) is 4.47 Å². The van der Waals surface area contributed by atoms with Crippen molar-refractivity contribution in [3.05, 3.63) is 22.7 Å². The maximum Gasteiger partial charge on any atom is 0.408 e. The van der Waals surface area contributed by atoms with Crippen molar-refractivity contribution in [2.45, 2.75) is 45.3 Å². The summed E-state index contributed by atoms with van der Waals surface area (Å²) >= 11 is 3.32. The Labute approximate surface area is 144 Å². The second kappa shape index (κ2) is 6.78. The molecule has 6 nitrogen and oxygen atoms in total. The molecule has 1 atom stereocenters. The number of halogens is 1. The summed E-state index contributed by atoms with van der Waals surface area (Å²) in [5.41, 5.74) is 6.26. The zero-order chi connectivity index (χ0) is 17.2. The molecular formula is C16H22BrN3O3. The molecule has 0 heterocycles. The topological polar surface area (TPSA) is 93.4 Å². The van der Waals surface area contributed by atoms with Gasteiger partial charge in [-0.3, -0.25) is 4.79 Å². The summed E-state index contributed by atoms with van der Waals surface area (Å²) in [6, 6.07) is 4.60. The van der Waals surface area contributed by atoms with Gasteiger partial charge in [0.15, 0.2) is 0 Å². The van der Waals surface area contributed by atoms with Crippen molar-refractivity contribution in [2.24, 2.45) is 5.92 Å². The van der Waals surface area contributed by atoms with Crippen LogP contribution in [0.4, 0.5) is 16.2 Å². The molecule has 1 saturated carbocycles. The second-order valence-corrected chi connectivity index (χ2v) is 7.60. The zero-order valence-electron chi connectivity index (χ0n) is 13.5. The summed E-state index contributed by atoms with van der Waals surface area (Å²) in [7, 11) is 0. The monoisotopic (exact) mass is 383 g/mol. The van der Waals surface area contributed by atoms with Crippen LogP contribution in [-0.2, 0) is 9.53 Å². The number of nitrogens with two attached hydrogens (primary N) is 1. The van der Waals surface area contributed by atoms with E-state index in [2.05, 4.69) is 26.6 Å².